The highest BCUT2D eigenvalue weighted by Gasteiger charge is 2.45. The van der Waals surface area contributed by atoms with Crippen LogP contribution in [0.25, 0.3) is 0 Å². The minimum Gasteiger partial charge on any atom is -0.444 e. The smallest absolute Gasteiger partial charge is 0.412 e. The zero-order valence-corrected chi connectivity index (χ0v) is 23.2. The molecular formula is C32H30N4O4S. The topological polar surface area (TPSA) is 91.8 Å². The van der Waals surface area contributed by atoms with Crippen molar-refractivity contribution >= 4 is 35.4 Å². The zero-order chi connectivity index (χ0) is 28.4. The van der Waals surface area contributed by atoms with Crippen molar-refractivity contribution < 1.29 is 19.1 Å². The SMILES string of the molecule is O=C(Cc1ccccc1)NCN(C(=O)C1CSC(c2ccncc2)N1C(=O)OCc1ccccc1)c1ccccc1. The van der Waals surface area contributed by atoms with E-state index in [2.05, 4.69) is 10.3 Å². The summed E-state index contributed by atoms with van der Waals surface area (Å²) in [6.45, 7) is 0.0469. The Morgan fingerprint density at radius 1 is 0.854 bits per heavy atom. The molecule has 2 unspecified atom stereocenters. The summed E-state index contributed by atoms with van der Waals surface area (Å²) in [6, 6.07) is 30.8. The molecule has 1 saturated heterocycles. The second-order valence-corrected chi connectivity index (χ2v) is 10.6. The second kappa shape index (κ2) is 13.6. The number of thioether (sulfide) groups is 1. The molecule has 208 valence electrons. The molecule has 2 heterocycles. The number of hydrogen-bond donors (Lipinski definition) is 1. The molecule has 3 amide bonds. The number of anilines is 1. The van der Waals surface area contributed by atoms with E-state index in [1.54, 1.807) is 12.4 Å². The van der Waals surface area contributed by atoms with Crippen LogP contribution in [-0.4, -0.2) is 46.3 Å². The van der Waals surface area contributed by atoms with Crippen LogP contribution in [0.5, 0.6) is 0 Å². The molecule has 0 saturated carbocycles. The Morgan fingerprint density at radius 3 is 2.12 bits per heavy atom. The maximum absolute atomic E-state index is 14.2. The fourth-order valence-electron chi connectivity index (χ4n) is 4.59. The minimum absolute atomic E-state index is 0.0392. The molecule has 1 aromatic heterocycles. The molecule has 5 rings (SSSR count). The lowest BCUT2D eigenvalue weighted by atomic mass is 10.1. The first-order valence-electron chi connectivity index (χ1n) is 13.3. The number of carbonyl (C=O) groups excluding carboxylic acids is 3. The van der Waals surface area contributed by atoms with Crippen LogP contribution in [0.15, 0.2) is 116 Å². The Labute approximate surface area is 243 Å². The van der Waals surface area contributed by atoms with E-state index in [4.69, 9.17) is 4.74 Å². The summed E-state index contributed by atoms with van der Waals surface area (Å²) in [5.41, 5.74) is 3.19. The number of pyridine rings is 1. The van der Waals surface area contributed by atoms with Crippen molar-refractivity contribution in [2.75, 3.05) is 17.3 Å². The molecule has 0 bridgehead atoms. The van der Waals surface area contributed by atoms with Gasteiger partial charge in [0.2, 0.25) is 5.91 Å². The lowest BCUT2D eigenvalue weighted by molar-refractivity contribution is -0.123. The van der Waals surface area contributed by atoms with Crippen molar-refractivity contribution in [3.8, 4) is 0 Å². The van der Waals surface area contributed by atoms with Crippen LogP contribution in [0.2, 0.25) is 0 Å². The number of nitrogens with zero attached hydrogens (tertiary/aromatic N) is 3. The van der Waals surface area contributed by atoms with Crippen LogP contribution in [-0.2, 0) is 27.4 Å². The number of para-hydroxylation sites is 1. The fourth-order valence-corrected chi connectivity index (χ4v) is 6.00. The number of aromatic nitrogens is 1. The van der Waals surface area contributed by atoms with Crippen LogP contribution in [0.3, 0.4) is 0 Å². The second-order valence-electron chi connectivity index (χ2n) is 9.45. The monoisotopic (exact) mass is 566 g/mol. The molecule has 0 aliphatic carbocycles. The molecule has 8 nitrogen and oxygen atoms in total. The van der Waals surface area contributed by atoms with Gasteiger partial charge in [-0.3, -0.25) is 24.4 Å². The summed E-state index contributed by atoms with van der Waals surface area (Å²) in [6.07, 6.45) is 2.94. The average molecular weight is 567 g/mol. The fraction of sp³-hybridized carbons (Fsp3) is 0.188. The van der Waals surface area contributed by atoms with Crippen molar-refractivity contribution in [2.24, 2.45) is 0 Å². The van der Waals surface area contributed by atoms with Crippen LogP contribution >= 0.6 is 11.8 Å². The molecular weight excluding hydrogens is 536 g/mol. The molecule has 2 atom stereocenters. The summed E-state index contributed by atoms with van der Waals surface area (Å²) in [4.78, 5) is 47.7. The van der Waals surface area contributed by atoms with Gasteiger partial charge in [0.15, 0.2) is 0 Å². The van der Waals surface area contributed by atoms with E-state index in [0.717, 1.165) is 16.7 Å². The number of hydrogen-bond acceptors (Lipinski definition) is 6. The van der Waals surface area contributed by atoms with E-state index in [1.807, 2.05) is 103 Å². The first kappa shape index (κ1) is 27.9. The number of rotatable bonds is 9. The molecule has 0 spiro atoms. The van der Waals surface area contributed by atoms with Crippen LogP contribution < -0.4 is 10.2 Å². The summed E-state index contributed by atoms with van der Waals surface area (Å²) >= 11 is 1.49. The molecule has 1 aliphatic heterocycles. The highest BCUT2D eigenvalue weighted by atomic mass is 32.2. The average Bonchev–Trinajstić information content (AvgIpc) is 3.47. The third kappa shape index (κ3) is 7.12. The Balaban J connectivity index is 1.37. The van der Waals surface area contributed by atoms with Gasteiger partial charge in [-0.1, -0.05) is 78.9 Å². The van der Waals surface area contributed by atoms with Gasteiger partial charge >= 0.3 is 6.09 Å². The first-order valence-corrected chi connectivity index (χ1v) is 14.3. The van der Waals surface area contributed by atoms with Crippen molar-refractivity contribution in [3.63, 3.8) is 0 Å². The Morgan fingerprint density at radius 2 is 1.46 bits per heavy atom. The van der Waals surface area contributed by atoms with Crippen molar-refractivity contribution in [1.82, 2.24) is 15.2 Å². The molecule has 0 radical (unpaired) electrons. The van der Waals surface area contributed by atoms with Gasteiger partial charge in [0.05, 0.1) is 13.1 Å². The van der Waals surface area contributed by atoms with E-state index < -0.39 is 17.5 Å². The largest absolute Gasteiger partial charge is 0.444 e. The molecule has 1 fully saturated rings. The predicted octanol–water partition coefficient (Wildman–Crippen LogP) is 5.18. The highest BCUT2D eigenvalue weighted by molar-refractivity contribution is 7.99. The molecule has 3 aromatic carbocycles. The van der Waals surface area contributed by atoms with E-state index in [-0.39, 0.29) is 31.5 Å². The summed E-state index contributed by atoms with van der Waals surface area (Å²) < 4.78 is 5.71. The first-order chi connectivity index (χ1) is 20.1. The van der Waals surface area contributed by atoms with Crippen molar-refractivity contribution in [3.05, 3.63) is 132 Å². The highest BCUT2D eigenvalue weighted by Crippen LogP contribution is 2.42. The number of benzene rings is 3. The quantitative estimate of drug-likeness (QED) is 0.281. The molecule has 9 heteroatoms. The third-order valence-electron chi connectivity index (χ3n) is 6.67. The van der Waals surface area contributed by atoms with Gasteiger partial charge in [0, 0.05) is 23.8 Å². The normalized spacial score (nSPS) is 16.1. The van der Waals surface area contributed by atoms with E-state index in [1.165, 1.54) is 21.6 Å². The number of nitrogens with one attached hydrogen (secondary N) is 1. The van der Waals surface area contributed by atoms with Gasteiger partial charge < -0.3 is 10.1 Å². The van der Waals surface area contributed by atoms with Crippen LogP contribution in [0.1, 0.15) is 22.1 Å². The van der Waals surface area contributed by atoms with Gasteiger partial charge in [-0.2, -0.15) is 0 Å². The summed E-state index contributed by atoms with van der Waals surface area (Å²) in [7, 11) is 0. The molecule has 1 N–H and O–H groups in total. The zero-order valence-electron chi connectivity index (χ0n) is 22.3. The standard InChI is InChI=1S/C32H30N4O4S/c37-29(20-24-10-4-1-5-11-24)34-23-35(27-14-8-3-9-15-27)30(38)28-22-41-31(26-16-18-33-19-17-26)36(28)32(39)40-21-25-12-6-2-7-13-25/h1-19,28,31H,20-23H2,(H,34,37). The van der Waals surface area contributed by atoms with Gasteiger partial charge in [0.1, 0.15) is 18.0 Å². The van der Waals surface area contributed by atoms with Gasteiger partial charge in [-0.05, 0) is 41.0 Å². The predicted molar refractivity (Wildman–Crippen MR) is 159 cm³/mol. The lowest BCUT2D eigenvalue weighted by Gasteiger charge is -2.32. The minimum atomic E-state index is -0.812. The number of carbonyl (C=O) groups is 3. The van der Waals surface area contributed by atoms with Crippen molar-refractivity contribution in [1.29, 1.82) is 0 Å². The van der Waals surface area contributed by atoms with Gasteiger partial charge in [-0.25, -0.2) is 4.79 Å². The molecule has 1 aliphatic rings. The molecule has 4 aromatic rings. The Bertz CT molecular complexity index is 1440. The maximum Gasteiger partial charge on any atom is 0.412 e. The van der Waals surface area contributed by atoms with Gasteiger partial charge in [-0.15, -0.1) is 11.8 Å². The summed E-state index contributed by atoms with van der Waals surface area (Å²) in [5.74, 6) is -0.149. The van der Waals surface area contributed by atoms with E-state index in [9.17, 15) is 14.4 Å². The van der Waals surface area contributed by atoms with Crippen LogP contribution in [0.4, 0.5) is 10.5 Å². The van der Waals surface area contributed by atoms with Gasteiger partial charge in [0.25, 0.3) is 5.91 Å². The Kier molecular flexibility index (Phi) is 9.28. The lowest BCUT2D eigenvalue weighted by Crippen LogP contribution is -2.52. The number of amides is 3. The van der Waals surface area contributed by atoms with E-state index in [0.29, 0.717) is 11.4 Å². The number of ether oxygens (including phenoxy) is 1. The Hall–Kier alpha value is -4.63. The summed E-state index contributed by atoms with van der Waals surface area (Å²) in [5, 5.41) is 2.45. The van der Waals surface area contributed by atoms with Crippen LogP contribution in [0, 0.1) is 0 Å². The maximum atomic E-state index is 14.2. The molecule has 41 heavy (non-hydrogen) atoms. The van der Waals surface area contributed by atoms with Crippen molar-refractivity contribution in [2.45, 2.75) is 24.4 Å². The van der Waals surface area contributed by atoms with E-state index >= 15 is 0 Å². The third-order valence-corrected chi connectivity index (χ3v) is 7.99.